The zero-order chi connectivity index (χ0) is 14.0. The minimum atomic E-state index is -3.39. The smallest absolute Gasteiger partial charge is 0.182 e. The zero-order valence-electron chi connectivity index (χ0n) is 10.9. The molecular formula is C11H19N3O3S2. The maximum absolute atomic E-state index is 11.9. The Morgan fingerprint density at radius 2 is 2.26 bits per heavy atom. The molecule has 0 aromatic carbocycles. The van der Waals surface area contributed by atoms with Crippen molar-refractivity contribution < 1.29 is 13.5 Å². The molecule has 1 fully saturated rings. The fourth-order valence-corrected chi connectivity index (χ4v) is 4.83. The van der Waals surface area contributed by atoms with Gasteiger partial charge < -0.3 is 15.7 Å². The summed E-state index contributed by atoms with van der Waals surface area (Å²) in [6, 6.07) is 0.166. The van der Waals surface area contributed by atoms with E-state index in [0.29, 0.717) is 11.4 Å². The second kappa shape index (κ2) is 5.64. The summed E-state index contributed by atoms with van der Waals surface area (Å²) in [5.41, 5.74) is 5.70. The SMILES string of the molecule is CS(=O)(=O)c1c(N)nsc1N1CCCCC1CCO. The second-order valence-corrected chi connectivity index (χ2v) is 7.53. The molecule has 1 atom stereocenters. The van der Waals surface area contributed by atoms with Crippen molar-refractivity contribution in [2.45, 2.75) is 36.6 Å². The normalized spacial score (nSPS) is 20.7. The summed E-state index contributed by atoms with van der Waals surface area (Å²) >= 11 is 1.13. The van der Waals surface area contributed by atoms with Gasteiger partial charge >= 0.3 is 0 Å². The lowest BCUT2D eigenvalue weighted by Gasteiger charge is -2.36. The largest absolute Gasteiger partial charge is 0.396 e. The van der Waals surface area contributed by atoms with Gasteiger partial charge in [0.2, 0.25) is 0 Å². The van der Waals surface area contributed by atoms with E-state index in [2.05, 4.69) is 4.37 Å². The molecule has 1 saturated heterocycles. The van der Waals surface area contributed by atoms with Crippen molar-refractivity contribution in [2.75, 3.05) is 30.0 Å². The van der Waals surface area contributed by atoms with E-state index in [4.69, 9.17) is 10.8 Å². The van der Waals surface area contributed by atoms with E-state index in [1.165, 1.54) is 0 Å². The summed E-state index contributed by atoms with van der Waals surface area (Å²) in [7, 11) is -3.39. The molecule has 3 N–H and O–H groups in total. The molecule has 0 amide bonds. The molecule has 1 aliphatic rings. The zero-order valence-corrected chi connectivity index (χ0v) is 12.5. The monoisotopic (exact) mass is 305 g/mol. The molecule has 2 rings (SSSR count). The van der Waals surface area contributed by atoms with Gasteiger partial charge in [0.15, 0.2) is 15.7 Å². The Balaban J connectivity index is 2.40. The van der Waals surface area contributed by atoms with Crippen LogP contribution < -0.4 is 10.6 Å². The van der Waals surface area contributed by atoms with Crippen molar-refractivity contribution >= 4 is 32.2 Å². The maximum Gasteiger partial charge on any atom is 0.182 e. The van der Waals surface area contributed by atoms with Gasteiger partial charge in [0.1, 0.15) is 9.90 Å². The first-order valence-corrected chi connectivity index (χ1v) is 8.94. The van der Waals surface area contributed by atoms with E-state index in [0.717, 1.165) is 43.6 Å². The van der Waals surface area contributed by atoms with E-state index in [1.54, 1.807) is 0 Å². The second-order valence-electron chi connectivity index (χ2n) is 4.83. The van der Waals surface area contributed by atoms with Gasteiger partial charge in [0.25, 0.3) is 0 Å². The summed E-state index contributed by atoms with van der Waals surface area (Å²) in [4.78, 5) is 2.19. The first-order chi connectivity index (χ1) is 8.95. The Labute approximate surface area is 117 Å². The van der Waals surface area contributed by atoms with Crippen LogP contribution in [-0.4, -0.2) is 43.3 Å². The molecule has 19 heavy (non-hydrogen) atoms. The first-order valence-electron chi connectivity index (χ1n) is 6.28. The number of aromatic nitrogens is 1. The molecule has 0 radical (unpaired) electrons. The lowest BCUT2D eigenvalue weighted by molar-refractivity contribution is 0.262. The van der Waals surface area contributed by atoms with Crippen molar-refractivity contribution in [3.8, 4) is 0 Å². The van der Waals surface area contributed by atoms with Crippen molar-refractivity contribution in [3.63, 3.8) is 0 Å². The molecule has 0 spiro atoms. The molecule has 0 saturated carbocycles. The van der Waals surface area contributed by atoms with Crippen molar-refractivity contribution in [1.82, 2.24) is 4.37 Å². The average molecular weight is 305 g/mol. The highest BCUT2D eigenvalue weighted by Crippen LogP contribution is 2.38. The molecule has 0 aliphatic carbocycles. The lowest BCUT2D eigenvalue weighted by atomic mass is 10.00. The van der Waals surface area contributed by atoms with Crippen LogP contribution in [0.3, 0.4) is 0 Å². The Morgan fingerprint density at radius 1 is 1.53 bits per heavy atom. The van der Waals surface area contributed by atoms with Crippen molar-refractivity contribution in [2.24, 2.45) is 0 Å². The van der Waals surface area contributed by atoms with Crippen LogP contribution in [0.25, 0.3) is 0 Å². The van der Waals surface area contributed by atoms with E-state index < -0.39 is 9.84 Å². The number of sulfone groups is 1. The molecule has 2 heterocycles. The molecule has 108 valence electrons. The third kappa shape index (κ3) is 3.01. The Morgan fingerprint density at radius 3 is 2.89 bits per heavy atom. The number of piperidine rings is 1. The third-order valence-corrected chi connectivity index (χ3v) is 5.55. The highest BCUT2D eigenvalue weighted by atomic mass is 32.2. The van der Waals surface area contributed by atoms with Gasteiger partial charge in [-0.05, 0) is 37.2 Å². The molecule has 1 aromatic heterocycles. The van der Waals surface area contributed by atoms with E-state index in [1.807, 2.05) is 4.90 Å². The number of nitrogen functional groups attached to an aromatic ring is 1. The van der Waals surface area contributed by atoms with Gasteiger partial charge in [0.05, 0.1) is 0 Å². The minimum Gasteiger partial charge on any atom is -0.396 e. The highest BCUT2D eigenvalue weighted by Gasteiger charge is 2.30. The van der Waals surface area contributed by atoms with Gasteiger partial charge in [-0.1, -0.05) is 0 Å². The summed E-state index contributed by atoms with van der Waals surface area (Å²) in [6.07, 6.45) is 4.87. The topological polar surface area (TPSA) is 96.5 Å². The quantitative estimate of drug-likeness (QED) is 0.857. The fourth-order valence-electron chi connectivity index (χ4n) is 2.53. The van der Waals surface area contributed by atoms with Crippen LogP contribution >= 0.6 is 11.5 Å². The van der Waals surface area contributed by atoms with Crippen LogP contribution in [0.15, 0.2) is 4.90 Å². The number of anilines is 2. The predicted molar refractivity (Wildman–Crippen MR) is 76.3 cm³/mol. The van der Waals surface area contributed by atoms with Crippen molar-refractivity contribution in [3.05, 3.63) is 0 Å². The number of hydrogen-bond acceptors (Lipinski definition) is 7. The molecule has 8 heteroatoms. The van der Waals surface area contributed by atoms with Gasteiger partial charge in [0, 0.05) is 25.4 Å². The van der Waals surface area contributed by atoms with Crippen LogP contribution in [-0.2, 0) is 9.84 Å². The Bertz CT molecular complexity index is 539. The number of aliphatic hydroxyl groups is 1. The van der Waals surface area contributed by atoms with Gasteiger partial charge in [-0.25, -0.2) is 8.42 Å². The summed E-state index contributed by atoms with van der Waals surface area (Å²) in [5, 5.41) is 9.76. The van der Waals surface area contributed by atoms with Gasteiger partial charge in [-0.3, -0.25) is 0 Å². The van der Waals surface area contributed by atoms with Crippen LogP contribution in [0.5, 0.6) is 0 Å². The molecule has 1 aliphatic heterocycles. The number of nitrogens with zero attached hydrogens (tertiary/aromatic N) is 2. The van der Waals surface area contributed by atoms with Crippen LogP contribution in [0.1, 0.15) is 25.7 Å². The summed E-state index contributed by atoms with van der Waals surface area (Å²) in [5.74, 6) is 0.0795. The number of hydrogen-bond donors (Lipinski definition) is 2. The minimum absolute atomic E-state index is 0.0795. The molecule has 0 bridgehead atoms. The Kier molecular flexibility index (Phi) is 4.32. The van der Waals surface area contributed by atoms with Gasteiger partial charge in [-0.2, -0.15) is 4.37 Å². The molecule has 6 nitrogen and oxygen atoms in total. The van der Waals surface area contributed by atoms with E-state index in [9.17, 15) is 8.42 Å². The fraction of sp³-hybridized carbons (Fsp3) is 0.727. The first kappa shape index (κ1) is 14.5. The average Bonchev–Trinajstić information content (AvgIpc) is 2.72. The molecule has 1 aromatic rings. The third-order valence-electron chi connectivity index (χ3n) is 3.38. The number of nitrogens with two attached hydrogens (primary N) is 1. The van der Waals surface area contributed by atoms with Crippen LogP contribution in [0, 0.1) is 0 Å². The van der Waals surface area contributed by atoms with Crippen LogP contribution in [0.4, 0.5) is 10.8 Å². The summed E-state index contributed by atoms with van der Waals surface area (Å²) in [6.45, 7) is 0.887. The summed E-state index contributed by atoms with van der Waals surface area (Å²) < 4.78 is 27.7. The Hall–Kier alpha value is -0.860. The standard InChI is InChI=1S/C11H19N3O3S2/c1-19(16,17)9-10(12)13-18-11(9)14-6-3-2-4-8(14)5-7-15/h8,15H,2-7H2,1H3,(H2,12,13). The van der Waals surface area contributed by atoms with E-state index >= 15 is 0 Å². The number of rotatable bonds is 4. The van der Waals surface area contributed by atoms with Crippen LogP contribution in [0.2, 0.25) is 0 Å². The number of aliphatic hydroxyl groups excluding tert-OH is 1. The van der Waals surface area contributed by atoms with E-state index in [-0.39, 0.29) is 23.4 Å². The highest BCUT2D eigenvalue weighted by molar-refractivity contribution is 7.91. The predicted octanol–water partition coefficient (Wildman–Crippen LogP) is 0.870. The van der Waals surface area contributed by atoms with Crippen molar-refractivity contribution in [1.29, 1.82) is 0 Å². The molecule has 1 unspecified atom stereocenters. The van der Waals surface area contributed by atoms with Gasteiger partial charge in [-0.15, -0.1) is 0 Å². The lowest BCUT2D eigenvalue weighted by Crippen LogP contribution is -2.40. The maximum atomic E-state index is 11.9. The molecular weight excluding hydrogens is 286 g/mol.